The number of carbonyl (C=O) groups is 1. The number of para-hydroxylation sites is 1. The van der Waals surface area contributed by atoms with Gasteiger partial charge in [-0.3, -0.25) is 9.69 Å². The molecule has 3 heterocycles. The number of benzene rings is 1. The molecule has 3 aliphatic rings. The number of carbonyl (C=O) groups excluding carboxylic acids is 1. The molecule has 0 bridgehead atoms. The first-order valence-electron chi connectivity index (χ1n) is 11.5. The zero-order chi connectivity index (χ0) is 21.0. The van der Waals surface area contributed by atoms with E-state index in [0.717, 1.165) is 48.4 Å². The average molecular weight is 436 g/mol. The molecule has 2 saturated heterocycles. The Balaban J connectivity index is 1.42. The molecule has 162 valence electrons. The van der Waals surface area contributed by atoms with E-state index >= 15 is 0 Å². The van der Waals surface area contributed by atoms with Crippen LogP contribution in [0.4, 0.5) is 11.6 Å². The van der Waals surface area contributed by atoms with Gasteiger partial charge < -0.3 is 9.32 Å². The molecule has 0 radical (unpaired) electrons. The summed E-state index contributed by atoms with van der Waals surface area (Å²) in [4.78, 5) is 23.2. The summed E-state index contributed by atoms with van der Waals surface area (Å²) >= 11 is 1.47. The Morgan fingerprint density at radius 3 is 2.45 bits per heavy atom. The van der Waals surface area contributed by atoms with Crippen molar-refractivity contribution in [3.8, 4) is 0 Å². The lowest BCUT2D eigenvalue weighted by molar-refractivity contribution is -0.124. The minimum Gasteiger partial charge on any atom is -0.441 e. The number of hydrogen-bond acceptors (Lipinski definition) is 5. The van der Waals surface area contributed by atoms with Crippen molar-refractivity contribution >= 4 is 40.5 Å². The molecule has 0 spiro atoms. The second-order valence-corrected chi connectivity index (χ2v) is 9.54. The highest BCUT2D eigenvalue weighted by Crippen LogP contribution is 2.39. The second-order valence-electron chi connectivity index (χ2n) is 8.53. The molecule has 1 saturated carbocycles. The van der Waals surface area contributed by atoms with Crippen LogP contribution in [-0.2, 0) is 4.79 Å². The van der Waals surface area contributed by atoms with Crippen LogP contribution in [0.1, 0.15) is 57.1 Å². The minimum absolute atomic E-state index is 0.0579. The Morgan fingerprint density at radius 2 is 1.68 bits per heavy atom. The number of amidine groups is 1. The topological polar surface area (TPSA) is 49.1 Å². The van der Waals surface area contributed by atoms with Gasteiger partial charge in [-0.2, -0.15) is 0 Å². The third-order valence-electron chi connectivity index (χ3n) is 6.31. The van der Waals surface area contributed by atoms with Gasteiger partial charge in [0.15, 0.2) is 11.1 Å². The van der Waals surface area contributed by atoms with E-state index in [1.165, 1.54) is 50.3 Å². The van der Waals surface area contributed by atoms with Gasteiger partial charge in [0.2, 0.25) is 0 Å². The van der Waals surface area contributed by atoms with Crippen molar-refractivity contribution in [2.24, 2.45) is 4.99 Å². The number of hydrogen-bond donors (Lipinski definition) is 0. The Labute approximate surface area is 188 Å². The number of aliphatic imine (C=N–C) groups is 1. The fraction of sp³-hybridized carbons (Fsp3) is 0.440. The van der Waals surface area contributed by atoms with Crippen molar-refractivity contribution < 1.29 is 9.21 Å². The van der Waals surface area contributed by atoms with Crippen molar-refractivity contribution in [1.82, 2.24) is 4.90 Å². The van der Waals surface area contributed by atoms with Gasteiger partial charge in [-0.05, 0) is 62.1 Å². The zero-order valence-corrected chi connectivity index (χ0v) is 18.7. The third-order valence-corrected chi connectivity index (χ3v) is 7.29. The maximum atomic E-state index is 13.4. The summed E-state index contributed by atoms with van der Waals surface area (Å²) in [6, 6.07) is 14.1. The molecule has 0 atom stereocenters. The molecular formula is C25H29N3O2S. The number of rotatable bonds is 4. The highest BCUT2D eigenvalue weighted by Gasteiger charge is 2.38. The summed E-state index contributed by atoms with van der Waals surface area (Å²) in [5.41, 5.74) is 0.880. The second kappa shape index (κ2) is 9.35. The van der Waals surface area contributed by atoms with Crippen LogP contribution in [0.5, 0.6) is 0 Å². The monoisotopic (exact) mass is 435 g/mol. The lowest BCUT2D eigenvalue weighted by atomic mass is 9.94. The van der Waals surface area contributed by atoms with E-state index < -0.39 is 0 Å². The summed E-state index contributed by atoms with van der Waals surface area (Å²) in [5, 5.41) is 0.789. The number of amides is 1. The number of nitrogens with zero attached hydrogens (tertiary/aromatic N) is 3. The predicted octanol–water partition coefficient (Wildman–Crippen LogP) is 6.21. The van der Waals surface area contributed by atoms with Gasteiger partial charge in [-0.15, -0.1) is 0 Å². The van der Waals surface area contributed by atoms with Crippen LogP contribution in [0.3, 0.4) is 0 Å². The van der Waals surface area contributed by atoms with E-state index in [1.807, 2.05) is 53.4 Å². The minimum atomic E-state index is 0.0579. The fourth-order valence-electron chi connectivity index (χ4n) is 4.67. The van der Waals surface area contributed by atoms with Crippen molar-refractivity contribution in [2.45, 2.75) is 57.4 Å². The Hall–Kier alpha value is -2.47. The molecule has 2 aliphatic heterocycles. The first-order chi connectivity index (χ1) is 15.3. The Bertz CT molecular complexity index is 970. The summed E-state index contributed by atoms with van der Waals surface area (Å²) in [5.74, 6) is 1.70. The SMILES string of the molecule is O=C1/C(=C/c2ccc(N3CCCCC3)o2)SC(=Nc2ccccc2)N1C1CCCCC1. The molecule has 5 rings (SSSR count). The molecule has 5 nitrogen and oxygen atoms in total. The van der Waals surface area contributed by atoms with Crippen molar-refractivity contribution in [3.63, 3.8) is 0 Å². The van der Waals surface area contributed by atoms with Gasteiger partial charge in [-0.25, -0.2) is 4.99 Å². The molecule has 1 aromatic carbocycles. The van der Waals surface area contributed by atoms with Crippen LogP contribution < -0.4 is 4.90 Å². The summed E-state index contributed by atoms with van der Waals surface area (Å²) in [6.07, 6.45) is 11.3. The van der Waals surface area contributed by atoms with E-state index in [1.54, 1.807) is 0 Å². The smallest absolute Gasteiger partial charge is 0.267 e. The van der Waals surface area contributed by atoms with Gasteiger partial charge in [-0.1, -0.05) is 37.5 Å². The van der Waals surface area contributed by atoms with Gasteiger partial charge in [0, 0.05) is 31.3 Å². The summed E-state index contributed by atoms with van der Waals surface area (Å²) < 4.78 is 6.09. The van der Waals surface area contributed by atoms with Crippen LogP contribution in [0, 0.1) is 0 Å². The average Bonchev–Trinajstić information content (AvgIpc) is 3.40. The van der Waals surface area contributed by atoms with Crippen LogP contribution in [0.25, 0.3) is 6.08 Å². The molecule has 0 N–H and O–H groups in total. The molecule has 6 heteroatoms. The quantitative estimate of drug-likeness (QED) is 0.536. The zero-order valence-electron chi connectivity index (χ0n) is 17.8. The molecular weight excluding hydrogens is 406 g/mol. The van der Waals surface area contributed by atoms with Gasteiger partial charge in [0.05, 0.1) is 10.6 Å². The van der Waals surface area contributed by atoms with E-state index in [9.17, 15) is 4.79 Å². The maximum Gasteiger partial charge on any atom is 0.267 e. The molecule has 31 heavy (non-hydrogen) atoms. The molecule has 0 unspecified atom stereocenters. The Kier molecular flexibility index (Phi) is 6.16. The third kappa shape index (κ3) is 4.59. The first kappa shape index (κ1) is 20.4. The normalized spacial score (nSPS) is 23.3. The summed E-state index contributed by atoms with van der Waals surface area (Å²) in [6.45, 7) is 2.08. The molecule has 2 aromatic rings. The van der Waals surface area contributed by atoms with Gasteiger partial charge in [0.25, 0.3) is 5.91 Å². The largest absolute Gasteiger partial charge is 0.441 e. The highest BCUT2D eigenvalue weighted by atomic mass is 32.2. The summed E-state index contributed by atoms with van der Waals surface area (Å²) in [7, 11) is 0. The van der Waals surface area contributed by atoms with E-state index in [4.69, 9.17) is 9.41 Å². The van der Waals surface area contributed by atoms with Gasteiger partial charge in [0.1, 0.15) is 5.76 Å². The molecule has 3 fully saturated rings. The van der Waals surface area contributed by atoms with Crippen molar-refractivity contribution in [1.29, 1.82) is 0 Å². The highest BCUT2D eigenvalue weighted by molar-refractivity contribution is 8.18. The molecule has 1 aliphatic carbocycles. The van der Waals surface area contributed by atoms with Crippen LogP contribution >= 0.6 is 11.8 Å². The van der Waals surface area contributed by atoms with Gasteiger partial charge >= 0.3 is 0 Å². The predicted molar refractivity (Wildman–Crippen MR) is 128 cm³/mol. The van der Waals surface area contributed by atoms with Crippen LogP contribution in [0.15, 0.2) is 56.8 Å². The standard InChI is InChI=1S/C25H29N3O2S/c29-24-22(18-21-14-15-23(30-21)27-16-8-3-9-17-27)31-25(26-19-10-4-1-5-11-19)28(24)20-12-6-2-7-13-20/h1,4-5,10-11,14-15,18,20H,2-3,6-9,12-13,16-17H2/b22-18-,26-25?. The number of piperidine rings is 1. The van der Waals surface area contributed by atoms with Crippen LogP contribution in [-0.4, -0.2) is 35.1 Å². The van der Waals surface area contributed by atoms with Crippen molar-refractivity contribution in [2.75, 3.05) is 18.0 Å². The molecule has 1 aromatic heterocycles. The fourth-order valence-corrected chi connectivity index (χ4v) is 5.71. The lowest BCUT2D eigenvalue weighted by Crippen LogP contribution is -2.40. The van der Waals surface area contributed by atoms with E-state index in [0.29, 0.717) is 4.91 Å². The number of anilines is 1. The van der Waals surface area contributed by atoms with E-state index in [-0.39, 0.29) is 11.9 Å². The number of thioether (sulfide) groups is 1. The van der Waals surface area contributed by atoms with E-state index in [2.05, 4.69) is 4.90 Å². The Morgan fingerprint density at radius 1 is 0.935 bits per heavy atom. The number of furan rings is 1. The van der Waals surface area contributed by atoms with Crippen molar-refractivity contribution in [3.05, 3.63) is 53.1 Å². The molecule has 1 amide bonds. The maximum absolute atomic E-state index is 13.4. The lowest BCUT2D eigenvalue weighted by Gasteiger charge is -2.30. The first-order valence-corrected chi connectivity index (χ1v) is 12.3. The van der Waals surface area contributed by atoms with Crippen LogP contribution in [0.2, 0.25) is 0 Å².